The number of aliphatic hydroxyl groups is 1. The average molecular weight is 274 g/mol. The molecular formula is C14H14N2O4. The van der Waals surface area contributed by atoms with E-state index < -0.39 is 11.0 Å². The average Bonchev–Trinajstić information content (AvgIpc) is 2.41. The molecule has 1 atom stereocenters. The van der Waals surface area contributed by atoms with Gasteiger partial charge >= 0.3 is 0 Å². The van der Waals surface area contributed by atoms with Gasteiger partial charge < -0.3 is 9.84 Å². The van der Waals surface area contributed by atoms with E-state index in [2.05, 4.69) is 4.98 Å². The van der Waals surface area contributed by atoms with Gasteiger partial charge in [0.2, 0.25) is 0 Å². The topological polar surface area (TPSA) is 85.5 Å². The molecule has 0 fully saturated rings. The molecule has 0 spiro atoms. The van der Waals surface area contributed by atoms with Crippen LogP contribution in [-0.2, 0) is 0 Å². The Labute approximate surface area is 115 Å². The number of benzene rings is 1. The van der Waals surface area contributed by atoms with E-state index in [4.69, 9.17) is 4.74 Å². The number of ether oxygens (including phenoxy) is 1. The van der Waals surface area contributed by atoms with E-state index in [-0.39, 0.29) is 5.69 Å². The second kappa shape index (κ2) is 5.66. The summed E-state index contributed by atoms with van der Waals surface area (Å²) in [5, 5.41) is 20.2. The fourth-order valence-corrected chi connectivity index (χ4v) is 1.74. The summed E-state index contributed by atoms with van der Waals surface area (Å²) in [6.07, 6.45) is 0.823. The van der Waals surface area contributed by atoms with E-state index in [0.717, 1.165) is 0 Å². The van der Waals surface area contributed by atoms with E-state index in [9.17, 15) is 15.2 Å². The van der Waals surface area contributed by atoms with Gasteiger partial charge in [-0.25, -0.2) is 0 Å². The third-order valence-electron chi connectivity index (χ3n) is 2.87. The fourth-order valence-electron chi connectivity index (χ4n) is 1.74. The van der Waals surface area contributed by atoms with Crippen molar-refractivity contribution in [2.45, 2.75) is 20.0 Å². The van der Waals surface area contributed by atoms with Crippen LogP contribution in [0.5, 0.6) is 11.5 Å². The van der Waals surface area contributed by atoms with Crippen LogP contribution in [0.25, 0.3) is 0 Å². The second-order valence-corrected chi connectivity index (χ2v) is 4.35. The molecule has 0 aliphatic carbocycles. The van der Waals surface area contributed by atoms with E-state index in [1.54, 1.807) is 38.1 Å². The minimum Gasteiger partial charge on any atom is -0.455 e. The minimum atomic E-state index is -0.649. The van der Waals surface area contributed by atoms with E-state index >= 15 is 0 Å². The molecule has 1 aromatic carbocycles. The summed E-state index contributed by atoms with van der Waals surface area (Å²) in [4.78, 5) is 14.5. The molecule has 1 unspecified atom stereocenters. The molecule has 0 saturated heterocycles. The summed E-state index contributed by atoms with van der Waals surface area (Å²) in [5.41, 5.74) is 1.00. The maximum atomic E-state index is 10.9. The van der Waals surface area contributed by atoms with Crippen molar-refractivity contribution in [1.29, 1.82) is 0 Å². The maximum absolute atomic E-state index is 10.9. The quantitative estimate of drug-likeness (QED) is 0.683. The zero-order valence-electron chi connectivity index (χ0n) is 11.1. The Bertz CT molecular complexity index is 624. The molecule has 6 nitrogen and oxygen atoms in total. The van der Waals surface area contributed by atoms with Gasteiger partial charge in [0.1, 0.15) is 11.5 Å². The summed E-state index contributed by atoms with van der Waals surface area (Å²) < 4.78 is 5.59. The summed E-state index contributed by atoms with van der Waals surface area (Å²) in [7, 11) is 0. The fraction of sp³-hybridized carbons (Fsp3) is 0.214. The number of aromatic nitrogens is 1. The molecule has 1 aromatic heterocycles. The lowest BCUT2D eigenvalue weighted by Crippen LogP contribution is -1.97. The number of hydrogen-bond donors (Lipinski definition) is 1. The van der Waals surface area contributed by atoms with Gasteiger partial charge in [0.15, 0.2) is 0 Å². The van der Waals surface area contributed by atoms with Crippen molar-refractivity contribution < 1.29 is 14.8 Å². The Morgan fingerprint density at radius 1 is 1.35 bits per heavy atom. The molecule has 0 aliphatic heterocycles. The predicted octanol–water partition coefficient (Wildman–Crippen LogP) is 3.14. The normalized spacial score (nSPS) is 11.9. The number of nitro groups is 1. The highest BCUT2D eigenvalue weighted by molar-refractivity contribution is 5.49. The molecule has 0 saturated carbocycles. The first-order valence-corrected chi connectivity index (χ1v) is 6.05. The highest BCUT2D eigenvalue weighted by Gasteiger charge is 2.14. The first kappa shape index (κ1) is 14.0. The van der Waals surface area contributed by atoms with Gasteiger partial charge in [0, 0.05) is 6.07 Å². The molecule has 2 rings (SSSR count). The number of rotatable bonds is 4. The highest BCUT2D eigenvalue weighted by atomic mass is 16.6. The molecule has 6 heteroatoms. The van der Waals surface area contributed by atoms with Crippen molar-refractivity contribution in [2.75, 3.05) is 0 Å². The first-order chi connectivity index (χ1) is 9.49. The third-order valence-corrected chi connectivity index (χ3v) is 2.87. The number of nitrogens with zero attached hydrogens (tertiary/aromatic N) is 2. The van der Waals surface area contributed by atoms with Crippen molar-refractivity contribution in [2.24, 2.45) is 0 Å². The van der Waals surface area contributed by atoms with Crippen LogP contribution in [0.1, 0.15) is 24.3 Å². The Morgan fingerprint density at radius 3 is 2.65 bits per heavy atom. The number of aliphatic hydroxyl groups excluding tert-OH is 1. The zero-order valence-corrected chi connectivity index (χ0v) is 11.1. The Balaban J connectivity index is 2.26. The van der Waals surface area contributed by atoms with Gasteiger partial charge in [-0.3, -0.25) is 15.1 Å². The maximum Gasteiger partial charge on any atom is 0.276 e. The Hall–Kier alpha value is -2.47. The van der Waals surface area contributed by atoms with Gasteiger partial charge in [-0.2, -0.15) is 0 Å². The summed E-state index contributed by atoms with van der Waals surface area (Å²) in [6, 6.07) is 7.96. The van der Waals surface area contributed by atoms with Crippen LogP contribution in [0, 0.1) is 17.0 Å². The van der Waals surface area contributed by atoms with Crippen LogP contribution in [-0.4, -0.2) is 15.0 Å². The van der Waals surface area contributed by atoms with Crippen LogP contribution in [0.4, 0.5) is 5.69 Å². The van der Waals surface area contributed by atoms with Crippen LogP contribution < -0.4 is 4.74 Å². The standard InChI is InChI=1S/C14H14N2O4/c1-9-13(16(18)19)4-3-5-14(9)20-11-6-7-12(10(2)17)15-8-11/h3-8,10,17H,1-2H3. The smallest absolute Gasteiger partial charge is 0.276 e. The van der Waals surface area contributed by atoms with E-state index in [1.165, 1.54) is 12.3 Å². The molecule has 1 heterocycles. The summed E-state index contributed by atoms with van der Waals surface area (Å²) in [6.45, 7) is 3.25. The monoisotopic (exact) mass is 274 g/mol. The van der Waals surface area contributed by atoms with Crippen molar-refractivity contribution in [3.8, 4) is 11.5 Å². The molecular weight excluding hydrogens is 260 g/mol. The molecule has 0 bridgehead atoms. The van der Waals surface area contributed by atoms with Crippen LogP contribution in [0.15, 0.2) is 36.5 Å². The van der Waals surface area contributed by atoms with Crippen molar-refractivity contribution >= 4 is 5.69 Å². The summed E-state index contributed by atoms with van der Waals surface area (Å²) in [5.74, 6) is 0.865. The molecule has 2 aromatic rings. The zero-order chi connectivity index (χ0) is 14.7. The lowest BCUT2D eigenvalue weighted by atomic mass is 10.2. The molecule has 0 radical (unpaired) electrons. The lowest BCUT2D eigenvalue weighted by Gasteiger charge is -2.09. The highest BCUT2D eigenvalue weighted by Crippen LogP contribution is 2.30. The number of hydrogen-bond acceptors (Lipinski definition) is 5. The third kappa shape index (κ3) is 2.92. The lowest BCUT2D eigenvalue weighted by molar-refractivity contribution is -0.385. The predicted molar refractivity (Wildman–Crippen MR) is 72.8 cm³/mol. The van der Waals surface area contributed by atoms with Crippen molar-refractivity contribution in [1.82, 2.24) is 4.98 Å². The molecule has 20 heavy (non-hydrogen) atoms. The van der Waals surface area contributed by atoms with Gasteiger partial charge in [-0.15, -0.1) is 0 Å². The van der Waals surface area contributed by atoms with Crippen LogP contribution in [0.2, 0.25) is 0 Å². The number of nitro benzene ring substituents is 1. The minimum absolute atomic E-state index is 0.0102. The van der Waals surface area contributed by atoms with Crippen LogP contribution in [0.3, 0.4) is 0 Å². The van der Waals surface area contributed by atoms with Gasteiger partial charge in [0.05, 0.1) is 28.5 Å². The second-order valence-electron chi connectivity index (χ2n) is 4.35. The number of pyridine rings is 1. The van der Waals surface area contributed by atoms with E-state index in [1.807, 2.05) is 0 Å². The first-order valence-electron chi connectivity index (χ1n) is 6.05. The largest absolute Gasteiger partial charge is 0.455 e. The molecule has 1 N–H and O–H groups in total. The molecule has 0 amide bonds. The van der Waals surface area contributed by atoms with E-state index in [0.29, 0.717) is 22.8 Å². The van der Waals surface area contributed by atoms with Gasteiger partial charge in [0.25, 0.3) is 5.69 Å². The summed E-state index contributed by atoms with van der Waals surface area (Å²) >= 11 is 0. The Kier molecular flexibility index (Phi) is 3.95. The molecule has 104 valence electrons. The molecule has 0 aliphatic rings. The van der Waals surface area contributed by atoms with Gasteiger partial charge in [-0.05, 0) is 32.0 Å². The van der Waals surface area contributed by atoms with Crippen molar-refractivity contribution in [3.63, 3.8) is 0 Å². The SMILES string of the molecule is Cc1c(Oc2ccc(C(C)O)nc2)cccc1[N+](=O)[O-]. The van der Waals surface area contributed by atoms with Crippen molar-refractivity contribution in [3.05, 3.63) is 57.9 Å². The van der Waals surface area contributed by atoms with Gasteiger partial charge in [-0.1, -0.05) is 6.07 Å². The van der Waals surface area contributed by atoms with Crippen LogP contribution >= 0.6 is 0 Å². The Morgan fingerprint density at radius 2 is 2.10 bits per heavy atom.